The Kier molecular flexibility index (Phi) is 5.76. The lowest BCUT2D eigenvalue weighted by molar-refractivity contribution is 0.0673. The largest absolute Gasteiger partial charge is 0.337 e. The van der Waals surface area contributed by atoms with Crippen molar-refractivity contribution < 1.29 is 4.79 Å². The summed E-state index contributed by atoms with van der Waals surface area (Å²) in [6.07, 6.45) is 3.24. The molecule has 0 bridgehead atoms. The fourth-order valence-corrected chi connectivity index (χ4v) is 3.47. The highest BCUT2D eigenvalue weighted by Gasteiger charge is 2.25. The number of carbonyl (C=O) groups is 1. The molecular formula is C20H27N5O3. The molecule has 0 atom stereocenters. The Morgan fingerprint density at radius 1 is 1.18 bits per heavy atom. The van der Waals surface area contributed by atoms with Gasteiger partial charge in [0.2, 0.25) is 0 Å². The van der Waals surface area contributed by atoms with Crippen LogP contribution in [0, 0.1) is 19.8 Å². The third kappa shape index (κ3) is 4.05. The summed E-state index contributed by atoms with van der Waals surface area (Å²) in [7, 11) is 0. The van der Waals surface area contributed by atoms with Crippen LogP contribution in [0.2, 0.25) is 0 Å². The summed E-state index contributed by atoms with van der Waals surface area (Å²) in [6, 6.07) is 2.79. The minimum Gasteiger partial charge on any atom is -0.337 e. The summed E-state index contributed by atoms with van der Waals surface area (Å²) in [5, 5.41) is 4.22. The normalized spacial score (nSPS) is 15.2. The molecule has 0 aromatic carbocycles. The first-order valence-corrected chi connectivity index (χ1v) is 9.69. The molecule has 1 amide bonds. The zero-order valence-corrected chi connectivity index (χ0v) is 16.9. The van der Waals surface area contributed by atoms with Crippen LogP contribution in [0.15, 0.2) is 28.0 Å². The molecule has 28 heavy (non-hydrogen) atoms. The molecule has 2 aromatic rings. The minimum atomic E-state index is -0.210. The van der Waals surface area contributed by atoms with E-state index in [1.807, 2.05) is 20.8 Å². The van der Waals surface area contributed by atoms with Gasteiger partial charge in [-0.2, -0.15) is 5.10 Å². The van der Waals surface area contributed by atoms with Crippen LogP contribution in [-0.2, 0) is 6.54 Å². The van der Waals surface area contributed by atoms with E-state index in [0.717, 1.165) is 18.5 Å². The summed E-state index contributed by atoms with van der Waals surface area (Å²) in [4.78, 5) is 43.0. The SMILES string of the molecule is Cc1ncn(CC2CCN(C(=O)c3ccc(=O)n(C(C)C)n3)CC2)c(=O)c1C. The van der Waals surface area contributed by atoms with Crippen molar-refractivity contribution >= 4 is 5.91 Å². The first-order chi connectivity index (χ1) is 13.3. The predicted molar refractivity (Wildman–Crippen MR) is 105 cm³/mol. The summed E-state index contributed by atoms with van der Waals surface area (Å²) in [6.45, 7) is 9.19. The number of nitrogens with zero attached hydrogens (tertiary/aromatic N) is 5. The number of piperidine rings is 1. The first-order valence-electron chi connectivity index (χ1n) is 9.69. The van der Waals surface area contributed by atoms with Gasteiger partial charge in [0.25, 0.3) is 17.0 Å². The van der Waals surface area contributed by atoms with Gasteiger partial charge in [-0.1, -0.05) is 0 Å². The van der Waals surface area contributed by atoms with Gasteiger partial charge in [0.05, 0.1) is 12.4 Å². The fraction of sp³-hybridized carbons (Fsp3) is 0.550. The lowest BCUT2D eigenvalue weighted by Gasteiger charge is -2.32. The molecule has 1 fully saturated rings. The number of carbonyl (C=O) groups excluding carboxylic acids is 1. The quantitative estimate of drug-likeness (QED) is 0.796. The van der Waals surface area contributed by atoms with Crippen molar-refractivity contribution in [3.8, 4) is 0 Å². The molecular weight excluding hydrogens is 358 g/mol. The van der Waals surface area contributed by atoms with Gasteiger partial charge in [0.1, 0.15) is 5.69 Å². The van der Waals surface area contributed by atoms with Gasteiger partial charge in [0, 0.05) is 37.0 Å². The Morgan fingerprint density at radius 3 is 2.50 bits per heavy atom. The highest BCUT2D eigenvalue weighted by Crippen LogP contribution is 2.20. The first kappa shape index (κ1) is 20.0. The molecule has 0 saturated carbocycles. The monoisotopic (exact) mass is 385 g/mol. The van der Waals surface area contributed by atoms with Crippen LogP contribution < -0.4 is 11.1 Å². The molecule has 1 aliphatic rings. The Bertz CT molecular complexity index is 984. The second-order valence-electron chi connectivity index (χ2n) is 7.74. The van der Waals surface area contributed by atoms with Crippen molar-refractivity contribution in [2.45, 2.75) is 53.1 Å². The Hall–Kier alpha value is -2.77. The van der Waals surface area contributed by atoms with Gasteiger partial charge in [-0.3, -0.25) is 19.0 Å². The van der Waals surface area contributed by atoms with Crippen molar-refractivity contribution in [1.82, 2.24) is 24.2 Å². The average Bonchev–Trinajstić information content (AvgIpc) is 2.68. The van der Waals surface area contributed by atoms with E-state index in [0.29, 0.717) is 36.8 Å². The van der Waals surface area contributed by atoms with Crippen LogP contribution in [0.25, 0.3) is 0 Å². The van der Waals surface area contributed by atoms with E-state index in [1.54, 1.807) is 22.7 Å². The zero-order chi connectivity index (χ0) is 20.4. The van der Waals surface area contributed by atoms with Gasteiger partial charge in [-0.05, 0) is 52.5 Å². The van der Waals surface area contributed by atoms with E-state index in [4.69, 9.17) is 0 Å². The summed E-state index contributed by atoms with van der Waals surface area (Å²) >= 11 is 0. The summed E-state index contributed by atoms with van der Waals surface area (Å²) in [5.74, 6) is 0.168. The third-order valence-corrected chi connectivity index (χ3v) is 5.41. The minimum absolute atomic E-state index is 0.00569. The molecule has 8 heteroatoms. The molecule has 1 saturated heterocycles. The van der Waals surface area contributed by atoms with Crippen molar-refractivity contribution in [2.24, 2.45) is 5.92 Å². The van der Waals surface area contributed by atoms with Gasteiger partial charge in [0.15, 0.2) is 0 Å². The van der Waals surface area contributed by atoms with Crippen LogP contribution >= 0.6 is 0 Å². The van der Waals surface area contributed by atoms with Crippen LogP contribution in [0.1, 0.15) is 54.5 Å². The van der Waals surface area contributed by atoms with Crippen molar-refractivity contribution in [1.29, 1.82) is 0 Å². The van der Waals surface area contributed by atoms with Gasteiger partial charge in [-0.25, -0.2) is 9.67 Å². The van der Waals surface area contributed by atoms with Gasteiger partial charge in [-0.15, -0.1) is 0 Å². The Labute approximate surface area is 163 Å². The van der Waals surface area contributed by atoms with Crippen LogP contribution in [0.4, 0.5) is 0 Å². The van der Waals surface area contributed by atoms with E-state index in [2.05, 4.69) is 10.1 Å². The average molecular weight is 385 g/mol. The van der Waals surface area contributed by atoms with Gasteiger partial charge < -0.3 is 4.90 Å². The number of hydrogen-bond acceptors (Lipinski definition) is 5. The van der Waals surface area contributed by atoms with Crippen molar-refractivity contribution in [2.75, 3.05) is 13.1 Å². The highest BCUT2D eigenvalue weighted by molar-refractivity contribution is 5.92. The Balaban J connectivity index is 1.65. The maximum atomic E-state index is 12.8. The highest BCUT2D eigenvalue weighted by atomic mass is 16.2. The maximum Gasteiger partial charge on any atom is 0.274 e. The summed E-state index contributed by atoms with van der Waals surface area (Å²) < 4.78 is 3.00. The van der Waals surface area contributed by atoms with Crippen molar-refractivity contribution in [3.05, 3.63) is 56.1 Å². The molecule has 0 radical (unpaired) electrons. The van der Waals surface area contributed by atoms with Gasteiger partial charge >= 0.3 is 0 Å². The standard InChI is InChI=1S/C20H27N5O3/c1-13(2)25-18(26)6-5-17(22-25)20(28)23-9-7-16(8-10-23)11-24-12-21-15(4)14(3)19(24)27/h5-6,12-13,16H,7-11H2,1-4H3. The molecule has 1 aliphatic heterocycles. The second-order valence-corrected chi connectivity index (χ2v) is 7.74. The second kappa shape index (κ2) is 8.08. The van der Waals surface area contributed by atoms with E-state index in [9.17, 15) is 14.4 Å². The number of hydrogen-bond donors (Lipinski definition) is 0. The number of rotatable bonds is 4. The molecule has 3 heterocycles. The molecule has 0 spiro atoms. The molecule has 0 unspecified atom stereocenters. The van der Waals surface area contributed by atoms with E-state index in [-0.39, 0.29) is 23.1 Å². The smallest absolute Gasteiger partial charge is 0.274 e. The Morgan fingerprint density at radius 2 is 1.86 bits per heavy atom. The van der Waals surface area contributed by atoms with Crippen LogP contribution in [-0.4, -0.2) is 43.2 Å². The van der Waals surface area contributed by atoms with E-state index >= 15 is 0 Å². The third-order valence-electron chi connectivity index (χ3n) is 5.41. The lowest BCUT2D eigenvalue weighted by atomic mass is 9.96. The maximum absolute atomic E-state index is 12.8. The molecule has 0 N–H and O–H groups in total. The number of aromatic nitrogens is 4. The molecule has 0 aliphatic carbocycles. The van der Waals surface area contributed by atoms with E-state index < -0.39 is 0 Å². The van der Waals surface area contributed by atoms with Crippen LogP contribution in [0.3, 0.4) is 0 Å². The predicted octanol–water partition coefficient (Wildman–Crippen LogP) is 1.55. The number of aryl methyl sites for hydroxylation is 1. The molecule has 3 rings (SSSR count). The lowest BCUT2D eigenvalue weighted by Crippen LogP contribution is -2.41. The number of amides is 1. The van der Waals surface area contributed by atoms with Crippen LogP contribution in [0.5, 0.6) is 0 Å². The molecule has 150 valence electrons. The topological polar surface area (TPSA) is 90.1 Å². The zero-order valence-electron chi connectivity index (χ0n) is 16.9. The van der Waals surface area contributed by atoms with E-state index in [1.165, 1.54) is 16.8 Å². The summed E-state index contributed by atoms with van der Waals surface area (Å²) in [5.41, 5.74) is 1.53. The van der Waals surface area contributed by atoms with Crippen molar-refractivity contribution in [3.63, 3.8) is 0 Å². The fourth-order valence-electron chi connectivity index (χ4n) is 3.47. The molecule has 8 nitrogen and oxygen atoms in total. The molecule has 2 aromatic heterocycles. The number of likely N-dealkylation sites (tertiary alicyclic amines) is 1.